The number of hydrogen-bond donors (Lipinski definition) is 1. The van der Waals surface area contributed by atoms with Crippen LogP contribution in [0.3, 0.4) is 0 Å². The fourth-order valence-electron chi connectivity index (χ4n) is 0.456. The van der Waals surface area contributed by atoms with Gasteiger partial charge >= 0.3 is 0 Å². The molecule has 0 aliphatic carbocycles. The third kappa shape index (κ3) is 2.97. The van der Waals surface area contributed by atoms with E-state index in [0.29, 0.717) is 0 Å². The molecule has 0 unspecified atom stereocenters. The monoisotopic (exact) mass is 138 g/mol. The molecule has 0 fully saturated rings. The molecule has 0 radical (unpaired) electrons. The molecule has 2 nitrogen and oxygen atoms in total. The smallest absolute Gasteiger partial charge is 0.0973 e. The maximum atomic E-state index is 3.76. The molecule has 0 aliphatic rings. The van der Waals surface area contributed by atoms with Gasteiger partial charge in [0.25, 0.3) is 0 Å². The van der Waals surface area contributed by atoms with Gasteiger partial charge in [-0.15, -0.1) is 0 Å². The molecule has 0 aromatic carbocycles. The number of allylic oxidation sites excluding steroid dienone is 2. The van der Waals surface area contributed by atoms with E-state index in [9.17, 15) is 0 Å². The van der Waals surface area contributed by atoms with E-state index in [-0.39, 0.29) is 0 Å². The number of nitrogens with one attached hydrogen (secondary N) is 1. The summed E-state index contributed by atoms with van der Waals surface area (Å²) >= 11 is 0. The van der Waals surface area contributed by atoms with Gasteiger partial charge in [0.05, 0.1) is 5.82 Å². The highest BCUT2D eigenvalue weighted by Crippen LogP contribution is 1.92. The summed E-state index contributed by atoms with van der Waals surface area (Å²) in [7, 11) is 3.75. The van der Waals surface area contributed by atoms with Crippen molar-refractivity contribution in [2.24, 2.45) is 0 Å². The van der Waals surface area contributed by atoms with E-state index in [2.05, 4.69) is 18.5 Å². The standard InChI is InChI=1S/C8H14N2/c1-5-6-7-10(4)8(2)9-3/h5-7,9H,1-2H2,3-4H3/b7-6-. The van der Waals surface area contributed by atoms with Gasteiger partial charge in [0.15, 0.2) is 0 Å². The van der Waals surface area contributed by atoms with Crippen LogP contribution >= 0.6 is 0 Å². The molecule has 0 saturated heterocycles. The zero-order valence-corrected chi connectivity index (χ0v) is 6.59. The highest BCUT2D eigenvalue weighted by molar-refractivity contribution is 5.02. The molecule has 0 aliphatic heterocycles. The fraction of sp³-hybridized carbons (Fsp3) is 0.250. The number of rotatable bonds is 4. The summed E-state index contributed by atoms with van der Waals surface area (Å²) in [6.07, 6.45) is 5.45. The second-order valence-electron chi connectivity index (χ2n) is 1.88. The Morgan fingerprint density at radius 1 is 1.60 bits per heavy atom. The fourth-order valence-corrected chi connectivity index (χ4v) is 0.456. The Bertz CT molecular complexity index is 147. The average Bonchev–Trinajstić information content (AvgIpc) is 1.98. The normalized spacial score (nSPS) is 9.40. The van der Waals surface area contributed by atoms with E-state index in [1.807, 2.05) is 31.3 Å². The third-order valence-electron chi connectivity index (χ3n) is 1.16. The molecule has 0 aromatic rings. The van der Waals surface area contributed by atoms with Crippen LogP contribution in [-0.4, -0.2) is 19.0 Å². The minimum Gasteiger partial charge on any atom is -0.375 e. The Labute approximate surface area is 62.5 Å². The van der Waals surface area contributed by atoms with Gasteiger partial charge in [-0.1, -0.05) is 19.2 Å². The van der Waals surface area contributed by atoms with Gasteiger partial charge < -0.3 is 10.2 Å². The Morgan fingerprint density at radius 2 is 2.20 bits per heavy atom. The van der Waals surface area contributed by atoms with Crippen LogP contribution < -0.4 is 5.32 Å². The van der Waals surface area contributed by atoms with Crippen LogP contribution in [0.2, 0.25) is 0 Å². The van der Waals surface area contributed by atoms with Gasteiger partial charge in [-0.3, -0.25) is 0 Å². The minimum atomic E-state index is 0.859. The first-order valence-corrected chi connectivity index (χ1v) is 3.11. The predicted molar refractivity (Wildman–Crippen MR) is 45.3 cm³/mol. The first kappa shape index (κ1) is 8.82. The van der Waals surface area contributed by atoms with E-state index in [4.69, 9.17) is 0 Å². The molecule has 0 atom stereocenters. The summed E-state index contributed by atoms with van der Waals surface area (Å²) < 4.78 is 0. The lowest BCUT2D eigenvalue weighted by Gasteiger charge is -2.15. The zero-order chi connectivity index (χ0) is 7.98. The quantitative estimate of drug-likeness (QED) is 0.589. The molecule has 0 heterocycles. The van der Waals surface area contributed by atoms with Crippen LogP contribution in [0, 0.1) is 0 Å². The summed E-state index contributed by atoms with van der Waals surface area (Å²) in [5.74, 6) is 0.859. The van der Waals surface area contributed by atoms with Crippen LogP contribution in [-0.2, 0) is 0 Å². The molecular formula is C8H14N2. The van der Waals surface area contributed by atoms with Crippen LogP contribution in [0.4, 0.5) is 0 Å². The highest BCUT2D eigenvalue weighted by Gasteiger charge is 1.90. The SMILES string of the molecule is C=C/C=C\N(C)C(=C)NC. The molecule has 0 amide bonds. The minimum absolute atomic E-state index is 0.859. The summed E-state index contributed by atoms with van der Waals surface area (Å²) in [6.45, 7) is 7.31. The Hall–Kier alpha value is -1.18. The van der Waals surface area contributed by atoms with Gasteiger partial charge in [-0.2, -0.15) is 0 Å². The second kappa shape index (κ2) is 4.68. The average molecular weight is 138 g/mol. The lowest BCUT2D eigenvalue weighted by molar-refractivity contribution is 0.528. The summed E-state index contributed by atoms with van der Waals surface area (Å²) in [5.41, 5.74) is 0. The summed E-state index contributed by atoms with van der Waals surface area (Å²) in [5, 5.41) is 2.92. The van der Waals surface area contributed by atoms with Crippen LogP contribution in [0.1, 0.15) is 0 Å². The van der Waals surface area contributed by atoms with Gasteiger partial charge in [-0.25, -0.2) is 0 Å². The number of hydrogen-bond acceptors (Lipinski definition) is 2. The largest absolute Gasteiger partial charge is 0.375 e. The van der Waals surface area contributed by atoms with Crippen molar-refractivity contribution in [3.63, 3.8) is 0 Å². The van der Waals surface area contributed by atoms with Crippen molar-refractivity contribution in [1.29, 1.82) is 0 Å². The van der Waals surface area contributed by atoms with E-state index >= 15 is 0 Å². The Morgan fingerprint density at radius 3 is 2.60 bits per heavy atom. The second-order valence-corrected chi connectivity index (χ2v) is 1.88. The van der Waals surface area contributed by atoms with Crippen LogP contribution in [0.15, 0.2) is 37.3 Å². The Kier molecular flexibility index (Phi) is 4.12. The zero-order valence-electron chi connectivity index (χ0n) is 6.59. The van der Waals surface area contributed by atoms with Gasteiger partial charge in [-0.05, 0) is 6.08 Å². The van der Waals surface area contributed by atoms with Crippen molar-refractivity contribution >= 4 is 0 Å². The van der Waals surface area contributed by atoms with Crippen molar-refractivity contribution in [2.75, 3.05) is 14.1 Å². The van der Waals surface area contributed by atoms with E-state index in [0.717, 1.165) is 5.82 Å². The maximum absolute atomic E-state index is 3.76. The van der Waals surface area contributed by atoms with Gasteiger partial charge in [0.2, 0.25) is 0 Å². The van der Waals surface area contributed by atoms with Crippen LogP contribution in [0.5, 0.6) is 0 Å². The topological polar surface area (TPSA) is 15.3 Å². The van der Waals surface area contributed by atoms with E-state index < -0.39 is 0 Å². The van der Waals surface area contributed by atoms with Crippen molar-refractivity contribution in [2.45, 2.75) is 0 Å². The van der Waals surface area contributed by atoms with Crippen molar-refractivity contribution in [3.05, 3.63) is 37.3 Å². The molecule has 56 valence electrons. The predicted octanol–water partition coefficient (Wildman–Crippen LogP) is 1.31. The summed E-state index contributed by atoms with van der Waals surface area (Å²) in [6, 6.07) is 0. The first-order chi connectivity index (χ1) is 4.72. The van der Waals surface area contributed by atoms with Gasteiger partial charge in [0.1, 0.15) is 0 Å². The molecule has 0 bridgehead atoms. The number of nitrogens with zero attached hydrogens (tertiary/aromatic N) is 1. The van der Waals surface area contributed by atoms with Crippen molar-refractivity contribution in [1.82, 2.24) is 10.2 Å². The molecule has 0 aromatic heterocycles. The van der Waals surface area contributed by atoms with E-state index in [1.165, 1.54) is 0 Å². The van der Waals surface area contributed by atoms with Crippen molar-refractivity contribution in [3.8, 4) is 0 Å². The van der Waals surface area contributed by atoms with Gasteiger partial charge in [0, 0.05) is 20.3 Å². The molecule has 0 saturated carbocycles. The molecular weight excluding hydrogens is 124 g/mol. The third-order valence-corrected chi connectivity index (χ3v) is 1.16. The molecule has 10 heavy (non-hydrogen) atoms. The summed E-state index contributed by atoms with van der Waals surface area (Å²) in [4.78, 5) is 1.88. The molecule has 0 spiro atoms. The Balaban J connectivity index is 3.83. The molecule has 2 heteroatoms. The lowest BCUT2D eigenvalue weighted by atomic mass is 10.5. The van der Waals surface area contributed by atoms with Crippen molar-refractivity contribution < 1.29 is 0 Å². The lowest BCUT2D eigenvalue weighted by Crippen LogP contribution is -2.19. The maximum Gasteiger partial charge on any atom is 0.0973 e. The molecule has 0 rings (SSSR count). The van der Waals surface area contributed by atoms with E-state index in [1.54, 1.807) is 6.08 Å². The van der Waals surface area contributed by atoms with Crippen LogP contribution in [0.25, 0.3) is 0 Å². The first-order valence-electron chi connectivity index (χ1n) is 3.11. The highest BCUT2D eigenvalue weighted by atomic mass is 15.2. The molecule has 1 N–H and O–H groups in total.